The van der Waals surface area contributed by atoms with Crippen LogP contribution in [0.2, 0.25) is 0 Å². The molecule has 0 saturated carbocycles. The summed E-state index contributed by atoms with van der Waals surface area (Å²) in [5.41, 5.74) is 4.39. The maximum atomic E-state index is 4.63. The van der Waals surface area contributed by atoms with E-state index in [4.69, 9.17) is 0 Å². The number of rotatable bonds is 4. The number of fused-ring (bicyclic) bond motifs is 1. The first-order valence-corrected chi connectivity index (χ1v) is 6.69. The number of unbranched alkanes of at least 4 members (excludes halogenated alkanes) is 2. The van der Waals surface area contributed by atoms with Crippen molar-refractivity contribution in [3.05, 3.63) is 29.1 Å². The van der Waals surface area contributed by atoms with Gasteiger partial charge in [0.1, 0.15) is 0 Å². The van der Waals surface area contributed by atoms with E-state index >= 15 is 0 Å². The highest BCUT2D eigenvalue weighted by Crippen LogP contribution is 2.43. The Labute approximate surface area is 99.3 Å². The van der Waals surface area contributed by atoms with Crippen molar-refractivity contribution < 1.29 is 0 Å². The van der Waals surface area contributed by atoms with Gasteiger partial charge in [0.2, 0.25) is 0 Å². The number of hydrogen-bond donors (Lipinski definition) is 0. The molecule has 2 atom stereocenters. The third-order valence-electron chi connectivity index (χ3n) is 3.91. The fourth-order valence-corrected chi connectivity index (χ4v) is 3.11. The van der Waals surface area contributed by atoms with Crippen LogP contribution >= 0.6 is 0 Å². The lowest BCUT2D eigenvalue weighted by Crippen LogP contribution is -1.97. The highest BCUT2D eigenvalue weighted by molar-refractivity contribution is 5.38. The molecule has 0 fully saturated rings. The van der Waals surface area contributed by atoms with Gasteiger partial charge in [-0.15, -0.1) is 0 Å². The molecular weight excluding hydrogens is 194 g/mol. The van der Waals surface area contributed by atoms with E-state index in [2.05, 4.69) is 31.8 Å². The second-order valence-electron chi connectivity index (χ2n) is 5.26. The largest absolute Gasteiger partial charge is 0.261 e. The smallest absolute Gasteiger partial charge is 0.0472 e. The molecule has 88 valence electrons. The van der Waals surface area contributed by atoms with Crippen LogP contribution in [0.5, 0.6) is 0 Å². The Balaban J connectivity index is 2.13. The molecule has 0 aromatic carbocycles. The van der Waals surface area contributed by atoms with Crippen molar-refractivity contribution >= 4 is 0 Å². The Morgan fingerprint density at radius 3 is 2.94 bits per heavy atom. The van der Waals surface area contributed by atoms with Gasteiger partial charge in [-0.25, -0.2) is 0 Å². The Bertz CT molecular complexity index is 356. The maximum Gasteiger partial charge on any atom is 0.0472 e. The van der Waals surface area contributed by atoms with Gasteiger partial charge in [-0.3, -0.25) is 4.98 Å². The van der Waals surface area contributed by atoms with E-state index in [-0.39, 0.29) is 0 Å². The Morgan fingerprint density at radius 2 is 2.19 bits per heavy atom. The predicted molar refractivity (Wildman–Crippen MR) is 68.9 cm³/mol. The number of hydrogen-bond acceptors (Lipinski definition) is 1. The quantitative estimate of drug-likeness (QED) is 0.674. The summed E-state index contributed by atoms with van der Waals surface area (Å²) in [5, 5.41) is 0. The lowest BCUT2D eigenvalue weighted by Gasteiger charge is -2.10. The van der Waals surface area contributed by atoms with Crippen LogP contribution in [0.25, 0.3) is 0 Å². The maximum absolute atomic E-state index is 4.63. The van der Waals surface area contributed by atoms with Gasteiger partial charge in [0.05, 0.1) is 0 Å². The molecule has 2 rings (SSSR count). The summed E-state index contributed by atoms with van der Waals surface area (Å²) in [4.78, 5) is 4.63. The van der Waals surface area contributed by atoms with E-state index in [1.165, 1.54) is 43.4 Å². The minimum absolute atomic E-state index is 0.718. The Hall–Kier alpha value is -0.850. The summed E-state index contributed by atoms with van der Waals surface area (Å²) in [5.74, 6) is 1.45. The molecule has 0 radical (unpaired) electrons. The minimum atomic E-state index is 0.718. The molecule has 2 unspecified atom stereocenters. The van der Waals surface area contributed by atoms with Gasteiger partial charge < -0.3 is 0 Å². The second kappa shape index (κ2) is 4.99. The van der Waals surface area contributed by atoms with Crippen molar-refractivity contribution in [2.75, 3.05) is 0 Å². The van der Waals surface area contributed by atoms with Gasteiger partial charge in [0.15, 0.2) is 0 Å². The molecular formula is C15H23N. The summed E-state index contributed by atoms with van der Waals surface area (Å²) >= 11 is 0. The first kappa shape index (κ1) is 11.6. The minimum Gasteiger partial charge on any atom is -0.261 e. The molecule has 0 bridgehead atoms. The average Bonchev–Trinajstić information content (AvgIpc) is 2.58. The van der Waals surface area contributed by atoms with Crippen LogP contribution in [0.3, 0.4) is 0 Å². The molecule has 1 aliphatic rings. The van der Waals surface area contributed by atoms with Crippen molar-refractivity contribution in [1.29, 1.82) is 0 Å². The Kier molecular flexibility index (Phi) is 3.63. The van der Waals surface area contributed by atoms with Crippen LogP contribution in [0.4, 0.5) is 0 Å². The van der Waals surface area contributed by atoms with Crippen LogP contribution in [-0.4, -0.2) is 4.98 Å². The number of aromatic nitrogens is 1. The fourth-order valence-electron chi connectivity index (χ4n) is 3.11. The lowest BCUT2D eigenvalue weighted by atomic mass is 9.97. The number of nitrogens with zero attached hydrogens (tertiary/aromatic N) is 1. The molecule has 1 aromatic rings. The molecule has 0 saturated heterocycles. The van der Waals surface area contributed by atoms with Crippen LogP contribution in [-0.2, 0) is 0 Å². The normalized spacial score (nSPS) is 23.4. The van der Waals surface area contributed by atoms with Gasteiger partial charge in [0, 0.05) is 17.8 Å². The molecule has 0 amide bonds. The fraction of sp³-hybridized carbons (Fsp3) is 0.667. The van der Waals surface area contributed by atoms with Crippen molar-refractivity contribution in [2.24, 2.45) is 0 Å². The van der Waals surface area contributed by atoms with Crippen LogP contribution in [0.15, 0.2) is 12.3 Å². The number of pyridine rings is 1. The molecule has 1 aromatic heterocycles. The highest BCUT2D eigenvalue weighted by atomic mass is 14.7. The summed E-state index contributed by atoms with van der Waals surface area (Å²) in [6, 6.07) is 2.16. The highest BCUT2D eigenvalue weighted by Gasteiger charge is 2.29. The molecule has 1 aliphatic carbocycles. The predicted octanol–water partition coefficient (Wildman–Crippen LogP) is 4.56. The van der Waals surface area contributed by atoms with Crippen molar-refractivity contribution in [1.82, 2.24) is 4.98 Å². The summed E-state index contributed by atoms with van der Waals surface area (Å²) in [6.07, 6.45) is 8.68. The number of aryl methyl sites for hydroxylation is 1. The van der Waals surface area contributed by atoms with Crippen LogP contribution < -0.4 is 0 Å². The monoisotopic (exact) mass is 217 g/mol. The standard InChI is InChI=1S/C15H23N/c1-4-5-6-7-13-10-12(3)14-11(2)8-9-16-15(13)14/h8-9,12-13H,4-7,10H2,1-3H3. The topological polar surface area (TPSA) is 12.9 Å². The summed E-state index contributed by atoms with van der Waals surface area (Å²) < 4.78 is 0. The van der Waals surface area contributed by atoms with Crippen molar-refractivity contribution in [3.63, 3.8) is 0 Å². The molecule has 0 spiro atoms. The molecule has 1 heterocycles. The van der Waals surface area contributed by atoms with Gasteiger partial charge in [-0.05, 0) is 42.9 Å². The summed E-state index contributed by atoms with van der Waals surface area (Å²) in [6.45, 7) is 6.85. The van der Waals surface area contributed by atoms with Crippen molar-refractivity contribution in [3.8, 4) is 0 Å². The molecule has 16 heavy (non-hydrogen) atoms. The van der Waals surface area contributed by atoms with Gasteiger partial charge in [0.25, 0.3) is 0 Å². The third kappa shape index (κ3) is 2.14. The molecule has 1 nitrogen and oxygen atoms in total. The summed E-state index contributed by atoms with van der Waals surface area (Å²) in [7, 11) is 0. The van der Waals surface area contributed by atoms with E-state index in [1.807, 2.05) is 6.20 Å². The van der Waals surface area contributed by atoms with Crippen molar-refractivity contribution in [2.45, 2.75) is 64.7 Å². The van der Waals surface area contributed by atoms with Gasteiger partial charge >= 0.3 is 0 Å². The van der Waals surface area contributed by atoms with Crippen LogP contribution in [0, 0.1) is 6.92 Å². The molecule has 0 N–H and O–H groups in total. The first-order valence-electron chi connectivity index (χ1n) is 6.69. The SMILES string of the molecule is CCCCCC1CC(C)c2c(C)ccnc21. The second-order valence-corrected chi connectivity index (χ2v) is 5.26. The van der Waals surface area contributed by atoms with E-state index in [0.29, 0.717) is 0 Å². The van der Waals surface area contributed by atoms with Crippen LogP contribution in [0.1, 0.15) is 74.6 Å². The van der Waals surface area contributed by atoms with E-state index in [9.17, 15) is 0 Å². The lowest BCUT2D eigenvalue weighted by molar-refractivity contribution is 0.532. The third-order valence-corrected chi connectivity index (χ3v) is 3.91. The van der Waals surface area contributed by atoms with E-state index < -0.39 is 0 Å². The zero-order chi connectivity index (χ0) is 11.5. The molecule has 1 heteroatoms. The van der Waals surface area contributed by atoms with E-state index in [0.717, 1.165) is 11.8 Å². The Morgan fingerprint density at radius 1 is 1.38 bits per heavy atom. The zero-order valence-electron chi connectivity index (χ0n) is 10.8. The average molecular weight is 217 g/mol. The zero-order valence-corrected chi connectivity index (χ0v) is 10.8. The molecule has 0 aliphatic heterocycles. The van der Waals surface area contributed by atoms with E-state index in [1.54, 1.807) is 5.56 Å². The van der Waals surface area contributed by atoms with Gasteiger partial charge in [-0.2, -0.15) is 0 Å². The van der Waals surface area contributed by atoms with Gasteiger partial charge in [-0.1, -0.05) is 33.1 Å². The first-order chi connectivity index (χ1) is 7.74.